The predicted octanol–water partition coefficient (Wildman–Crippen LogP) is 4.35. The molecule has 0 bridgehead atoms. The number of fused-ring (bicyclic) bond motifs is 2. The van der Waals surface area contributed by atoms with Crippen molar-refractivity contribution in [2.24, 2.45) is 24.8 Å². The molecule has 1 aliphatic carbocycles. The Morgan fingerprint density at radius 2 is 1.72 bits per heavy atom. The van der Waals surface area contributed by atoms with Crippen LogP contribution in [0.25, 0.3) is 11.0 Å². The SMILES string of the molecule is Cn1c(CN2CC3C(COc4ccccc4C(F)(F)F)C3C2)nc2ccccc21. The molecule has 4 nitrogen and oxygen atoms in total. The van der Waals surface area contributed by atoms with Crippen LogP contribution in [0.3, 0.4) is 0 Å². The van der Waals surface area contributed by atoms with Crippen LogP contribution >= 0.6 is 0 Å². The van der Waals surface area contributed by atoms with Gasteiger partial charge in [0.2, 0.25) is 0 Å². The summed E-state index contributed by atoms with van der Waals surface area (Å²) in [7, 11) is 2.04. The molecule has 2 unspecified atom stereocenters. The number of hydrogen-bond donors (Lipinski definition) is 0. The van der Waals surface area contributed by atoms with Gasteiger partial charge in [-0.1, -0.05) is 24.3 Å². The van der Waals surface area contributed by atoms with Gasteiger partial charge in [0.05, 0.1) is 29.7 Å². The van der Waals surface area contributed by atoms with Gasteiger partial charge in [-0.25, -0.2) is 4.98 Å². The lowest BCUT2D eigenvalue weighted by atomic mass is 10.2. The van der Waals surface area contributed by atoms with E-state index in [4.69, 9.17) is 9.72 Å². The smallest absolute Gasteiger partial charge is 0.419 e. The van der Waals surface area contributed by atoms with Gasteiger partial charge in [0, 0.05) is 26.1 Å². The first-order chi connectivity index (χ1) is 13.9. The van der Waals surface area contributed by atoms with E-state index in [1.807, 2.05) is 25.2 Å². The summed E-state index contributed by atoms with van der Waals surface area (Å²) < 4.78 is 47.0. The average molecular weight is 401 g/mol. The zero-order chi connectivity index (χ0) is 20.2. The summed E-state index contributed by atoms with van der Waals surface area (Å²) in [5.41, 5.74) is 1.43. The highest BCUT2D eigenvalue weighted by Gasteiger charge is 2.55. The highest BCUT2D eigenvalue weighted by molar-refractivity contribution is 5.75. The summed E-state index contributed by atoms with van der Waals surface area (Å²) in [5.74, 6) is 2.32. The van der Waals surface area contributed by atoms with Gasteiger partial charge in [-0.3, -0.25) is 4.90 Å². The lowest BCUT2D eigenvalue weighted by Crippen LogP contribution is -2.26. The first-order valence-electron chi connectivity index (χ1n) is 9.83. The number of piperidine rings is 1. The number of likely N-dealkylation sites (tertiary alicyclic amines) is 1. The van der Waals surface area contributed by atoms with Crippen molar-refractivity contribution >= 4 is 11.0 Å². The van der Waals surface area contributed by atoms with E-state index in [2.05, 4.69) is 15.5 Å². The van der Waals surface area contributed by atoms with Gasteiger partial charge in [-0.2, -0.15) is 13.2 Å². The number of alkyl halides is 3. The van der Waals surface area contributed by atoms with E-state index in [1.165, 1.54) is 12.1 Å². The first-order valence-corrected chi connectivity index (χ1v) is 9.83. The maximum Gasteiger partial charge on any atom is 0.419 e. The zero-order valence-corrected chi connectivity index (χ0v) is 16.1. The quantitative estimate of drug-likeness (QED) is 0.637. The number of nitrogens with zero attached hydrogens (tertiary/aromatic N) is 3. The highest BCUT2D eigenvalue weighted by atomic mass is 19.4. The van der Waals surface area contributed by atoms with Crippen LogP contribution < -0.4 is 4.74 Å². The third kappa shape index (κ3) is 3.37. The minimum Gasteiger partial charge on any atom is -0.493 e. The Hall–Kier alpha value is -2.54. The Morgan fingerprint density at radius 3 is 2.45 bits per heavy atom. The second kappa shape index (κ2) is 6.76. The Kier molecular flexibility index (Phi) is 4.31. The monoisotopic (exact) mass is 401 g/mol. The lowest BCUT2D eigenvalue weighted by Gasteiger charge is -2.20. The Balaban J connectivity index is 1.18. The molecule has 1 saturated carbocycles. The summed E-state index contributed by atoms with van der Waals surface area (Å²) in [6, 6.07) is 13.5. The largest absolute Gasteiger partial charge is 0.493 e. The van der Waals surface area contributed by atoms with Crippen LogP contribution in [-0.4, -0.2) is 34.1 Å². The van der Waals surface area contributed by atoms with E-state index < -0.39 is 11.7 Å². The molecule has 2 fully saturated rings. The Morgan fingerprint density at radius 1 is 1.03 bits per heavy atom. The number of benzene rings is 2. The number of aromatic nitrogens is 2. The second-order valence-corrected chi connectivity index (χ2v) is 8.07. The van der Waals surface area contributed by atoms with Crippen LogP contribution in [-0.2, 0) is 19.8 Å². The molecule has 0 N–H and O–H groups in total. The van der Waals surface area contributed by atoms with Crippen LogP contribution in [0, 0.1) is 17.8 Å². The van der Waals surface area contributed by atoms with Gasteiger partial charge in [0.15, 0.2) is 0 Å². The minimum absolute atomic E-state index is 0.0680. The molecule has 1 aromatic heterocycles. The van der Waals surface area contributed by atoms with Crippen molar-refractivity contribution in [1.29, 1.82) is 0 Å². The van der Waals surface area contributed by atoms with E-state index in [9.17, 15) is 13.2 Å². The Labute approximate surface area is 166 Å². The molecule has 0 amide bonds. The van der Waals surface area contributed by atoms with Crippen LogP contribution in [0.15, 0.2) is 48.5 Å². The highest BCUT2D eigenvalue weighted by Crippen LogP contribution is 2.52. The van der Waals surface area contributed by atoms with E-state index in [-0.39, 0.29) is 5.75 Å². The zero-order valence-electron chi connectivity index (χ0n) is 16.1. The number of para-hydroxylation sites is 3. The van der Waals surface area contributed by atoms with Gasteiger partial charge in [-0.05, 0) is 36.1 Å². The molecule has 2 aromatic carbocycles. The van der Waals surface area contributed by atoms with Crippen molar-refractivity contribution in [3.8, 4) is 5.75 Å². The summed E-state index contributed by atoms with van der Waals surface area (Å²) in [5, 5.41) is 0. The Bertz CT molecular complexity index is 1030. The van der Waals surface area contributed by atoms with Gasteiger partial charge in [0.1, 0.15) is 11.6 Å². The number of aryl methyl sites for hydroxylation is 1. The molecule has 0 spiro atoms. The topological polar surface area (TPSA) is 30.3 Å². The van der Waals surface area contributed by atoms with Gasteiger partial charge < -0.3 is 9.30 Å². The summed E-state index contributed by atoms with van der Waals surface area (Å²) >= 11 is 0. The van der Waals surface area contributed by atoms with E-state index in [0.717, 1.165) is 42.6 Å². The van der Waals surface area contributed by atoms with Gasteiger partial charge in [0.25, 0.3) is 0 Å². The maximum absolute atomic E-state index is 13.1. The van der Waals surface area contributed by atoms with Crippen molar-refractivity contribution in [3.63, 3.8) is 0 Å². The van der Waals surface area contributed by atoms with Gasteiger partial charge in [-0.15, -0.1) is 0 Å². The second-order valence-electron chi connectivity index (χ2n) is 8.07. The summed E-state index contributed by atoms with van der Waals surface area (Å²) in [6.45, 7) is 3.04. The minimum atomic E-state index is -4.39. The number of imidazole rings is 1. The molecular formula is C22H22F3N3O. The fraction of sp³-hybridized carbons (Fsp3) is 0.409. The molecule has 7 heteroatoms. The van der Waals surface area contributed by atoms with E-state index in [1.54, 1.807) is 6.07 Å². The fourth-order valence-corrected chi connectivity index (χ4v) is 4.66. The maximum atomic E-state index is 13.1. The molecular weight excluding hydrogens is 379 g/mol. The van der Waals surface area contributed by atoms with Crippen molar-refractivity contribution in [1.82, 2.24) is 14.5 Å². The molecule has 5 rings (SSSR count). The van der Waals surface area contributed by atoms with E-state index >= 15 is 0 Å². The molecule has 2 heterocycles. The third-order valence-electron chi connectivity index (χ3n) is 6.32. The lowest BCUT2D eigenvalue weighted by molar-refractivity contribution is -0.139. The van der Waals surface area contributed by atoms with Crippen LogP contribution in [0.5, 0.6) is 5.75 Å². The standard InChI is InChI=1S/C22H22F3N3O/c1-27-19-8-4-3-7-18(19)26-21(27)12-28-10-14-15(11-28)16(14)13-29-20-9-5-2-6-17(20)22(23,24)25/h2-9,14-16H,10-13H2,1H3. The van der Waals surface area contributed by atoms with Crippen molar-refractivity contribution in [2.45, 2.75) is 12.7 Å². The fourth-order valence-electron chi connectivity index (χ4n) is 4.66. The predicted molar refractivity (Wildman–Crippen MR) is 103 cm³/mol. The van der Waals surface area contributed by atoms with Crippen LogP contribution in [0.1, 0.15) is 11.4 Å². The molecule has 152 valence electrons. The van der Waals surface area contributed by atoms with Crippen molar-refractivity contribution in [2.75, 3.05) is 19.7 Å². The third-order valence-corrected chi connectivity index (χ3v) is 6.32. The molecule has 1 aliphatic heterocycles. The van der Waals surface area contributed by atoms with Crippen molar-refractivity contribution < 1.29 is 17.9 Å². The molecule has 0 radical (unpaired) electrons. The molecule has 2 atom stereocenters. The van der Waals surface area contributed by atoms with Crippen LogP contribution in [0.2, 0.25) is 0 Å². The average Bonchev–Trinajstić information content (AvgIpc) is 3.01. The van der Waals surface area contributed by atoms with Crippen molar-refractivity contribution in [3.05, 3.63) is 59.9 Å². The number of hydrogen-bond acceptors (Lipinski definition) is 3. The summed E-state index contributed by atoms with van der Waals surface area (Å²) in [6.07, 6.45) is -4.39. The normalized spacial score (nSPS) is 24.1. The molecule has 2 aliphatic rings. The van der Waals surface area contributed by atoms with Crippen LogP contribution in [0.4, 0.5) is 13.2 Å². The molecule has 3 aromatic rings. The summed E-state index contributed by atoms with van der Waals surface area (Å²) in [4.78, 5) is 7.12. The van der Waals surface area contributed by atoms with Gasteiger partial charge >= 0.3 is 6.18 Å². The molecule has 1 saturated heterocycles. The van der Waals surface area contributed by atoms with E-state index in [0.29, 0.717) is 24.4 Å². The first kappa shape index (κ1) is 18.5. The number of ether oxygens (including phenoxy) is 1. The number of rotatable bonds is 5. The number of halogens is 3. The molecule has 29 heavy (non-hydrogen) atoms.